The van der Waals surface area contributed by atoms with Crippen molar-refractivity contribution in [3.63, 3.8) is 0 Å². The van der Waals surface area contributed by atoms with E-state index >= 15 is 0 Å². The van der Waals surface area contributed by atoms with Gasteiger partial charge in [-0.1, -0.05) is 79.7 Å². The van der Waals surface area contributed by atoms with Crippen molar-refractivity contribution in [1.82, 2.24) is 0 Å². The van der Waals surface area contributed by atoms with E-state index < -0.39 is 5.60 Å². The van der Waals surface area contributed by atoms with Crippen LogP contribution in [0.2, 0.25) is 0 Å². The van der Waals surface area contributed by atoms with E-state index in [1.54, 1.807) is 0 Å². The second kappa shape index (κ2) is 6.38. The third-order valence-corrected chi connectivity index (χ3v) is 5.71. The van der Waals surface area contributed by atoms with Crippen molar-refractivity contribution in [2.75, 3.05) is 0 Å². The topological polar surface area (TPSA) is 39.4 Å². The van der Waals surface area contributed by atoms with Gasteiger partial charge in [-0.3, -0.25) is 0 Å². The Morgan fingerprint density at radius 1 is 0.821 bits per heavy atom. The van der Waals surface area contributed by atoms with Crippen molar-refractivity contribution in [2.45, 2.75) is 24.9 Å². The standard InChI is InChI=1S/C25H20O3/c1-2-20-22-23(19-15-9-10-16-21(19)27-24(22)26)28-25(20,17-11-5-3-6-12-17)18-13-7-4-8-14-18/h3-16,20H,2H2,1H3. The Hall–Kier alpha value is -3.33. The number of para-hydroxylation sites is 1. The molecule has 0 amide bonds. The highest BCUT2D eigenvalue weighted by atomic mass is 16.5. The molecule has 0 saturated heterocycles. The highest BCUT2D eigenvalue weighted by Gasteiger charge is 2.52. The van der Waals surface area contributed by atoms with Crippen LogP contribution in [0.3, 0.4) is 0 Å². The van der Waals surface area contributed by atoms with Gasteiger partial charge in [0.1, 0.15) is 11.3 Å². The quantitative estimate of drug-likeness (QED) is 0.440. The first-order chi connectivity index (χ1) is 13.8. The number of benzene rings is 3. The minimum atomic E-state index is -0.765. The summed E-state index contributed by atoms with van der Waals surface area (Å²) in [6.07, 6.45) is 0.750. The lowest BCUT2D eigenvalue weighted by atomic mass is 9.73. The maximum atomic E-state index is 13.0. The molecule has 3 heteroatoms. The second-order valence-corrected chi connectivity index (χ2v) is 7.16. The Morgan fingerprint density at radius 2 is 1.39 bits per heavy atom. The molecule has 1 atom stereocenters. The average Bonchev–Trinajstić information content (AvgIpc) is 3.12. The van der Waals surface area contributed by atoms with E-state index in [2.05, 4.69) is 31.2 Å². The molecule has 28 heavy (non-hydrogen) atoms. The molecule has 1 unspecified atom stereocenters. The van der Waals surface area contributed by atoms with E-state index in [0.717, 1.165) is 22.9 Å². The average molecular weight is 368 g/mol. The van der Waals surface area contributed by atoms with Crippen LogP contribution in [0.5, 0.6) is 5.75 Å². The Balaban J connectivity index is 1.87. The maximum Gasteiger partial charge on any atom is 0.343 e. The molecule has 0 spiro atoms. The monoisotopic (exact) mass is 368 g/mol. The highest BCUT2D eigenvalue weighted by molar-refractivity contribution is 5.85. The molecular weight excluding hydrogens is 348 g/mol. The van der Waals surface area contributed by atoms with Gasteiger partial charge in [-0.05, 0) is 18.6 Å². The zero-order chi connectivity index (χ0) is 19.1. The van der Waals surface area contributed by atoms with Crippen LogP contribution in [0.4, 0.5) is 0 Å². The van der Waals surface area contributed by atoms with E-state index in [-0.39, 0.29) is 11.5 Å². The highest BCUT2D eigenvalue weighted by Crippen LogP contribution is 2.55. The van der Waals surface area contributed by atoms with Crippen LogP contribution in [0.15, 0.2) is 94.1 Å². The number of hydrogen-bond donors (Lipinski definition) is 0. The van der Waals surface area contributed by atoms with Crippen molar-refractivity contribution >= 4 is 11.0 Å². The molecule has 5 rings (SSSR count). The molecule has 0 fully saturated rings. The number of rotatable bonds is 3. The SMILES string of the molecule is CCC1c2c(c3ccccc3oc2=O)OC1(c1ccccc1)c1ccccc1. The summed E-state index contributed by atoms with van der Waals surface area (Å²) >= 11 is 0. The molecule has 0 N–H and O–H groups in total. The molecule has 0 bridgehead atoms. The third-order valence-electron chi connectivity index (χ3n) is 5.71. The van der Waals surface area contributed by atoms with E-state index in [1.807, 2.05) is 60.7 Å². The van der Waals surface area contributed by atoms with E-state index in [0.29, 0.717) is 16.9 Å². The molecule has 3 nitrogen and oxygen atoms in total. The van der Waals surface area contributed by atoms with Crippen molar-refractivity contribution < 1.29 is 9.15 Å². The van der Waals surface area contributed by atoms with Gasteiger partial charge in [-0.25, -0.2) is 4.79 Å². The summed E-state index contributed by atoms with van der Waals surface area (Å²) in [6, 6.07) is 27.9. The summed E-state index contributed by atoms with van der Waals surface area (Å²) in [4.78, 5) is 13.0. The third kappa shape index (κ3) is 2.26. The zero-order valence-electron chi connectivity index (χ0n) is 15.6. The zero-order valence-corrected chi connectivity index (χ0v) is 15.6. The summed E-state index contributed by atoms with van der Waals surface area (Å²) in [5, 5.41) is 0.837. The molecule has 3 aromatic carbocycles. The fourth-order valence-corrected chi connectivity index (χ4v) is 4.53. The minimum absolute atomic E-state index is 0.145. The minimum Gasteiger partial charge on any atom is -0.476 e. The van der Waals surface area contributed by atoms with Crippen LogP contribution in [0.1, 0.15) is 36.0 Å². The number of fused-ring (bicyclic) bond motifs is 3. The molecule has 1 aliphatic rings. The smallest absolute Gasteiger partial charge is 0.343 e. The normalized spacial score (nSPS) is 17.2. The van der Waals surface area contributed by atoms with Crippen molar-refractivity contribution in [3.8, 4) is 5.75 Å². The lowest BCUT2D eigenvalue weighted by molar-refractivity contribution is 0.110. The Bertz CT molecular complexity index is 1150. The first-order valence-electron chi connectivity index (χ1n) is 9.61. The molecular formula is C25H20O3. The Kier molecular flexibility index (Phi) is 3.83. The van der Waals surface area contributed by atoms with Gasteiger partial charge < -0.3 is 9.15 Å². The summed E-state index contributed by atoms with van der Waals surface area (Å²) in [6.45, 7) is 2.10. The lowest BCUT2D eigenvalue weighted by Gasteiger charge is -2.35. The van der Waals surface area contributed by atoms with Gasteiger partial charge in [-0.2, -0.15) is 0 Å². The fraction of sp³-hybridized carbons (Fsp3) is 0.160. The fourth-order valence-electron chi connectivity index (χ4n) is 4.53. The van der Waals surface area contributed by atoms with Crippen LogP contribution >= 0.6 is 0 Å². The predicted molar refractivity (Wildman–Crippen MR) is 110 cm³/mol. The second-order valence-electron chi connectivity index (χ2n) is 7.16. The first-order valence-corrected chi connectivity index (χ1v) is 9.61. The molecule has 0 aliphatic carbocycles. The predicted octanol–water partition coefficient (Wildman–Crippen LogP) is 5.62. The van der Waals surface area contributed by atoms with Crippen LogP contribution in [0, 0.1) is 0 Å². The van der Waals surface area contributed by atoms with Crippen molar-refractivity contribution in [1.29, 1.82) is 0 Å². The molecule has 1 aliphatic heterocycles. The molecule has 2 heterocycles. The van der Waals surface area contributed by atoms with Gasteiger partial charge in [0.05, 0.1) is 10.9 Å². The van der Waals surface area contributed by atoms with Gasteiger partial charge in [0, 0.05) is 17.0 Å². The number of hydrogen-bond acceptors (Lipinski definition) is 3. The van der Waals surface area contributed by atoms with Crippen LogP contribution in [0.25, 0.3) is 11.0 Å². The maximum absolute atomic E-state index is 13.0. The largest absolute Gasteiger partial charge is 0.476 e. The van der Waals surface area contributed by atoms with E-state index in [1.165, 1.54) is 0 Å². The summed E-state index contributed by atoms with van der Waals surface area (Å²) in [5.41, 5.74) is 2.18. The van der Waals surface area contributed by atoms with Crippen molar-refractivity contribution in [3.05, 3.63) is 112 Å². The van der Waals surface area contributed by atoms with E-state index in [4.69, 9.17) is 9.15 Å². The first kappa shape index (κ1) is 16.8. The molecule has 138 valence electrons. The molecule has 1 aromatic heterocycles. The van der Waals surface area contributed by atoms with Crippen LogP contribution in [-0.4, -0.2) is 0 Å². The number of ether oxygens (including phenoxy) is 1. The van der Waals surface area contributed by atoms with Gasteiger partial charge in [-0.15, -0.1) is 0 Å². The summed E-state index contributed by atoms with van der Waals surface area (Å²) < 4.78 is 12.5. The van der Waals surface area contributed by atoms with Gasteiger partial charge >= 0.3 is 5.63 Å². The summed E-state index contributed by atoms with van der Waals surface area (Å²) in [7, 11) is 0. The Morgan fingerprint density at radius 3 is 2.00 bits per heavy atom. The van der Waals surface area contributed by atoms with Gasteiger partial charge in [0.15, 0.2) is 5.60 Å². The van der Waals surface area contributed by atoms with Gasteiger partial charge in [0.25, 0.3) is 0 Å². The van der Waals surface area contributed by atoms with Crippen LogP contribution in [-0.2, 0) is 5.60 Å². The summed E-state index contributed by atoms with van der Waals surface area (Å²) in [5.74, 6) is 0.500. The molecule has 4 aromatic rings. The molecule has 0 saturated carbocycles. The Labute approximate surface area is 163 Å². The van der Waals surface area contributed by atoms with Gasteiger partial charge in [0.2, 0.25) is 0 Å². The van der Waals surface area contributed by atoms with Crippen LogP contribution < -0.4 is 10.4 Å². The van der Waals surface area contributed by atoms with Crippen molar-refractivity contribution in [2.24, 2.45) is 0 Å². The lowest BCUT2D eigenvalue weighted by Crippen LogP contribution is -2.37. The molecule has 0 radical (unpaired) electrons. The van der Waals surface area contributed by atoms with E-state index in [9.17, 15) is 4.79 Å².